The molecule has 2 nitrogen and oxygen atoms in total. The Kier molecular flexibility index (Phi) is 3.39. The lowest BCUT2D eigenvalue weighted by Crippen LogP contribution is -2.08. The first-order chi connectivity index (χ1) is 11.6. The molecule has 3 atom stereocenters. The monoisotopic (exact) mass is 312 g/mol. The summed E-state index contributed by atoms with van der Waals surface area (Å²) in [5.41, 5.74) is 5.81. The Labute approximate surface area is 143 Å². The first kappa shape index (κ1) is 14.9. The van der Waals surface area contributed by atoms with E-state index in [9.17, 15) is 0 Å². The van der Waals surface area contributed by atoms with Crippen molar-refractivity contribution >= 4 is 5.71 Å². The minimum absolute atomic E-state index is 0.0940. The van der Waals surface area contributed by atoms with Gasteiger partial charge in [-0.25, -0.2) is 0 Å². The molecule has 1 fully saturated rings. The second kappa shape index (κ2) is 5.46. The smallest absolute Gasteiger partial charge is 0.0991 e. The van der Waals surface area contributed by atoms with E-state index >= 15 is 0 Å². The number of nitrogens with zero attached hydrogens (tertiary/aromatic N) is 2. The molecule has 1 saturated carbocycles. The predicted molar refractivity (Wildman–Crippen MR) is 97.2 cm³/mol. The summed E-state index contributed by atoms with van der Waals surface area (Å²) in [7, 11) is 0. The second-order valence-electron chi connectivity index (χ2n) is 7.12. The number of hydrogen-bond donors (Lipinski definition) is 0. The summed E-state index contributed by atoms with van der Waals surface area (Å²) in [5, 5.41) is 8.92. The van der Waals surface area contributed by atoms with Gasteiger partial charge in [0, 0.05) is 0 Å². The first-order valence-electron chi connectivity index (χ1n) is 8.48. The lowest BCUT2D eigenvalue weighted by atomic mass is 9.88. The van der Waals surface area contributed by atoms with Crippen molar-refractivity contribution in [3.8, 4) is 6.07 Å². The lowest BCUT2D eigenvalue weighted by molar-refractivity contribution is 0.685. The van der Waals surface area contributed by atoms with Crippen molar-refractivity contribution in [1.82, 2.24) is 0 Å². The summed E-state index contributed by atoms with van der Waals surface area (Å²) in [5.74, 6) is 0.742. The highest BCUT2D eigenvalue weighted by molar-refractivity contribution is 6.10. The molecule has 0 bridgehead atoms. The van der Waals surface area contributed by atoms with Gasteiger partial charge >= 0.3 is 0 Å². The fraction of sp³-hybridized carbons (Fsp3) is 0.273. The van der Waals surface area contributed by atoms with Gasteiger partial charge in [-0.2, -0.15) is 5.26 Å². The Morgan fingerprint density at radius 2 is 1.83 bits per heavy atom. The fourth-order valence-electron chi connectivity index (χ4n) is 3.71. The zero-order valence-electron chi connectivity index (χ0n) is 14.0. The van der Waals surface area contributed by atoms with Gasteiger partial charge in [0.1, 0.15) is 0 Å². The quantitative estimate of drug-likeness (QED) is 0.789. The predicted octanol–water partition coefficient (Wildman–Crippen LogP) is 4.96. The fourth-order valence-corrected chi connectivity index (χ4v) is 3.71. The Morgan fingerprint density at radius 3 is 2.50 bits per heavy atom. The number of nitriles is 1. The molecule has 0 amide bonds. The van der Waals surface area contributed by atoms with Gasteiger partial charge in [-0.3, -0.25) is 4.99 Å². The summed E-state index contributed by atoms with van der Waals surface area (Å²) >= 11 is 0. The van der Waals surface area contributed by atoms with Crippen LogP contribution in [-0.4, -0.2) is 5.71 Å². The average molecular weight is 312 g/mol. The second-order valence-corrected chi connectivity index (χ2v) is 7.12. The van der Waals surface area contributed by atoms with Gasteiger partial charge in [0.25, 0.3) is 0 Å². The van der Waals surface area contributed by atoms with Gasteiger partial charge in [-0.1, -0.05) is 56.3 Å². The van der Waals surface area contributed by atoms with Crippen LogP contribution in [0.1, 0.15) is 48.6 Å². The highest BCUT2D eigenvalue weighted by Gasteiger charge is 2.49. The van der Waals surface area contributed by atoms with Gasteiger partial charge in [0.05, 0.1) is 23.4 Å². The van der Waals surface area contributed by atoms with Crippen LogP contribution in [0.3, 0.4) is 0 Å². The molecule has 0 spiro atoms. The molecule has 0 radical (unpaired) electrons. The molecule has 2 aromatic carbocycles. The third-order valence-electron chi connectivity index (χ3n) is 5.58. The lowest BCUT2D eigenvalue weighted by Gasteiger charge is -2.18. The third kappa shape index (κ3) is 2.37. The zero-order valence-corrected chi connectivity index (χ0v) is 14.0. The number of benzene rings is 2. The van der Waals surface area contributed by atoms with Crippen molar-refractivity contribution in [2.45, 2.75) is 31.7 Å². The van der Waals surface area contributed by atoms with E-state index in [0.29, 0.717) is 11.0 Å². The molecule has 2 heteroatoms. The molecule has 4 rings (SSSR count). The number of aliphatic imine (C=N–C) groups is 1. The number of rotatable bonds is 3. The van der Waals surface area contributed by atoms with Crippen molar-refractivity contribution in [2.75, 3.05) is 0 Å². The number of allylic oxidation sites excluding steroid dienone is 1. The molecule has 24 heavy (non-hydrogen) atoms. The van der Waals surface area contributed by atoms with E-state index in [1.165, 1.54) is 17.5 Å². The molecule has 1 aliphatic carbocycles. The van der Waals surface area contributed by atoms with E-state index in [4.69, 9.17) is 10.3 Å². The van der Waals surface area contributed by atoms with Crippen molar-refractivity contribution in [2.24, 2.45) is 10.9 Å². The first-order valence-corrected chi connectivity index (χ1v) is 8.48. The maximum atomic E-state index is 8.92. The van der Waals surface area contributed by atoms with E-state index in [-0.39, 0.29) is 6.04 Å². The molecular formula is C22H20N2. The standard InChI is InChI=1S/C22H20N2/c1-15-13-22(15,2)19-6-4-3-5-18(19)21-12-11-20(24-21)17-9-7-16(14-23)8-10-17/h3-12,15,21H,13H2,1-2H3. The van der Waals surface area contributed by atoms with Crippen LogP contribution in [0.4, 0.5) is 0 Å². The van der Waals surface area contributed by atoms with Crippen LogP contribution in [0.5, 0.6) is 0 Å². The van der Waals surface area contributed by atoms with E-state index < -0.39 is 0 Å². The molecule has 1 aliphatic heterocycles. The molecule has 118 valence electrons. The molecule has 0 aromatic heterocycles. The molecular weight excluding hydrogens is 292 g/mol. The Bertz CT molecular complexity index is 883. The maximum Gasteiger partial charge on any atom is 0.0991 e. The van der Waals surface area contributed by atoms with Gasteiger partial charge in [0.15, 0.2) is 0 Å². The largest absolute Gasteiger partial charge is 0.272 e. The SMILES string of the molecule is CC1CC1(C)c1ccccc1C1C=CC(c2ccc(C#N)cc2)=N1. The normalized spacial score (nSPS) is 27.6. The molecule has 1 heterocycles. The highest BCUT2D eigenvalue weighted by atomic mass is 14.8. The minimum atomic E-state index is 0.0940. The van der Waals surface area contributed by atoms with Crippen molar-refractivity contribution in [3.05, 3.63) is 82.9 Å². The van der Waals surface area contributed by atoms with Crippen LogP contribution >= 0.6 is 0 Å². The summed E-state index contributed by atoms with van der Waals surface area (Å²) in [4.78, 5) is 4.93. The van der Waals surface area contributed by atoms with Crippen molar-refractivity contribution in [3.63, 3.8) is 0 Å². The molecule has 2 aromatic rings. The van der Waals surface area contributed by atoms with Crippen LogP contribution in [0.15, 0.2) is 65.7 Å². The van der Waals surface area contributed by atoms with Crippen LogP contribution < -0.4 is 0 Å². The minimum Gasteiger partial charge on any atom is -0.272 e. The summed E-state index contributed by atoms with van der Waals surface area (Å²) < 4.78 is 0. The van der Waals surface area contributed by atoms with Gasteiger partial charge in [-0.15, -0.1) is 0 Å². The van der Waals surface area contributed by atoms with Crippen LogP contribution in [0, 0.1) is 17.2 Å². The van der Waals surface area contributed by atoms with Gasteiger partial charge in [0.2, 0.25) is 0 Å². The van der Waals surface area contributed by atoms with Crippen LogP contribution in [0.2, 0.25) is 0 Å². The number of hydrogen-bond acceptors (Lipinski definition) is 2. The van der Waals surface area contributed by atoms with Gasteiger partial charge in [-0.05, 0) is 52.7 Å². The Balaban J connectivity index is 1.67. The highest BCUT2D eigenvalue weighted by Crippen LogP contribution is 2.55. The molecule has 0 saturated heterocycles. The van der Waals surface area contributed by atoms with Crippen LogP contribution in [-0.2, 0) is 5.41 Å². The maximum absolute atomic E-state index is 8.92. The molecule has 3 unspecified atom stereocenters. The van der Waals surface area contributed by atoms with E-state index in [0.717, 1.165) is 17.2 Å². The average Bonchev–Trinajstić information content (AvgIpc) is 3.02. The van der Waals surface area contributed by atoms with Crippen molar-refractivity contribution in [1.29, 1.82) is 5.26 Å². The molecule has 0 N–H and O–H groups in total. The van der Waals surface area contributed by atoms with E-state index in [1.807, 2.05) is 24.3 Å². The summed E-state index contributed by atoms with van der Waals surface area (Å²) in [6.07, 6.45) is 5.54. The van der Waals surface area contributed by atoms with Crippen LogP contribution in [0.25, 0.3) is 0 Å². The topological polar surface area (TPSA) is 36.1 Å². The van der Waals surface area contributed by atoms with E-state index in [1.54, 1.807) is 0 Å². The third-order valence-corrected chi connectivity index (χ3v) is 5.58. The molecule has 2 aliphatic rings. The van der Waals surface area contributed by atoms with Crippen molar-refractivity contribution < 1.29 is 0 Å². The summed E-state index contributed by atoms with van der Waals surface area (Å²) in [6, 6.07) is 18.6. The van der Waals surface area contributed by atoms with Gasteiger partial charge < -0.3 is 0 Å². The zero-order chi connectivity index (χ0) is 16.7. The van der Waals surface area contributed by atoms with E-state index in [2.05, 4.69) is 56.3 Å². The summed E-state index contributed by atoms with van der Waals surface area (Å²) in [6.45, 7) is 4.69. The Hall–Kier alpha value is -2.66. The Morgan fingerprint density at radius 1 is 1.12 bits per heavy atom.